The molecule has 1 aromatic heterocycles. The molecule has 10 heteroatoms. The lowest BCUT2D eigenvalue weighted by atomic mass is 10.1. The van der Waals surface area contributed by atoms with Gasteiger partial charge in [-0.15, -0.1) is 0 Å². The maximum Gasteiger partial charge on any atom is 0.271 e. The molecule has 0 fully saturated rings. The van der Waals surface area contributed by atoms with E-state index in [2.05, 4.69) is 15.0 Å². The van der Waals surface area contributed by atoms with E-state index in [9.17, 15) is 10.1 Å². The van der Waals surface area contributed by atoms with Gasteiger partial charge in [0.1, 0.15) is 17.3 Å². The van der Waals surface area contributed by atoms with Crippen LogP contribution in [-0.4, -0.2) is 35.1 Å². The summed E-state index contributed by atoms with van der Waals surface area (Å²) in [6.07, 6.45) is 0.304. The van der Waals surface area contributed by atoms with Gasteiger partial charge >= 0.3 is 0 Å². The van der Waals surface area contributed by atoms with Crippen LogP contribution in [0, 0.1) is 10.1 Å². The Labute approximate surface area is 160 Å². The Morgan fingerprint density at radius 2 is 1.93 bits per heavy atom. The van der Waals surface area contributed by atoms with Gasteiger partial charge in [-0.05, 0) is 12.1 Å². The summed E-state index contributed by atoms with van der Waals surface area (Å²) in [6.45, 7) is 0. The van der Waals surface area contributed by atoms with Crippen LogP contribution in [0.5, 0.6) is 11.5 Å². The zero-order valence-electron chi connectivity index (χ0n) is 15.2. The molecular weight excluding hydrogens is 364 g/mol. The standard InChI is InChI=1S/C18H18N6O4/c1-27-12-5-3-10(15(9-12)28-2)7-16-21-14-8-11(24(25)26)4-6-13(14)17(22-16)23-18(19)20/h3-6,8-9H,7H2,1-2H3,(H4,19,20,21,22,23). The Bertz CT molecular complexity index is 1080. The molecule has 0 unspecified atom stereocenters. The van der Waals surface area contributed by atoms with Gasteiger partial charge in [0, 0.05) is 35.6 Å². The predicted molar refractivity (Wildman–Crippen MR) is 104 cm³/mol. The first-order chi connectivity index (χ1) is 13.4. The number of hydrogen-bond donors (Lipinski definition) is 2. The van der Waals surface area contributed by atoms with Crippen LogP contribution >= 0.6 is 0 Å². The third-order valence-corrected chi connectivity index (χ3v) is 4.00. The lowest BCUT2D eigenvalue weighted by Crippen LogP contribution is -2.22. The first kappa shape index (κ1) is 18.8. The molecule has 10 nitrogen and oxygen atoms in total. The number of aromatic nitrogens is 2. The minimum Gasteiger partial charge on any atom is -0.497 e. The van der Waals surface area contributed by atoms with Crippen molar-refractivity contribution in [3.05, 3.63) is 57.9 Å². The molecule has 0 spiro atoms. The van der Waals surface area contributed by atoms with E-state index in [1.807, 2.05) is 6.07 Å². The van der Waals surface area contributed by atoms with E-state index in [1.54, 1.807) is 26.4 Å². The number of benzene rings is 2. The normalized spacial score (nSPS) is 10.5. The number of rotatable bonds is 6. The molecule has 3 rings (SSSR count). The number of aliphatic imine (C=N–C) groups is 1. The Balaban J connectivity index is 2.12. The topological polar surface area (TPSA) is 152 Å². The van der Waals surface area contributed by atoms with Gasteiger partial charge in [-0.2, -0.15) is 4.99 Å². The third-order valence-electron chi connectivity index (χ3n) is 4.00. The molecule has 1 heterocycles. The van der Waals surface area contributed by atoms with E-state index in [4.69, 9.17) is 20.9 Å². The predicted octanol–water partition coefficient (Wildman–Crippen LogP) is 2.05. The highest BCUT2D eigenvalue weighted by Crippen LogP contribution is 2.29. The van der Waals surface area contributed by atoms with E-state index in [0.29, 0.717) is 34.6 Å². The second kappa shape index (κ2) is 7.74. The number of nitrogens with zero attached hydrogens (tertiary/aromatic N) is 4. The van der Waals surface area contributed by atoms with E-state index in [0.717, 1.165) is 5.56 Å². The van der Waals surface area contributed by atoms with Crippen molar-refractivity contribution in [1.82, 2.24) is 9.97 Å². The average molecular weight is 382 g/mol. The number of guanidine groups is 1. The number of nitrogens with two attached hydrogens (primary N) is 2. The molecular formula is C18H18N6O4. The van der Waals surface area contributed by atoms with Gasteiger partial charge < -0.3 is 20.9 Å². The van der Waals surface area contributed by atoms with Crippen LogP contribution in [0.1, 0.15) is 11.4 Å². The van der Waals surface area contributed by atoms with Crippen LogP contribution in [-0.2, 0) is 6.42 Å². The summed E-state index contributed by atoms with van der Waals surface area (Å²) in [7, 11) is 3.11. The van der Waals surface area contributed by atoms with Crippen LogP contribution in [0.15, 0.2) is 41.4 Å². The fraction of sp³-hybridized carbons (Fsp3) is 0.167. The highest BCUT2D eigenvalue weighted by atomic mass is 16.6. The van der Waals surface area contributed by atoms with E-state index in [-0.39, 0.29) is 17.5 Å². The monoisotopic (exact) mass is 382 g/mol. The smallest absolute Gasteiger partial charge is 0.271 e. The maximum absolute atomic E-state index is 11.1. The molecule has 0 radical (unpaired) electrons. The summed E-state index contributed by atoms with van der Waals surface area (Å²) in [5.74, 6) is 1.70. The van der Waals surface area contributed by atoms with Crippen molar-refractivity contribution >= 4 is 28.4 Å². The number of fused-ring (bicyclic) bond motifs is 1. The van der Waals surface area contributed by atoms with Crippen molar-refractivity contribution in [3.8, 4) is 11.5 Å². The summed E-state index contributed by atoms with van der Waals surface area (Å²) < 4.78 is 10.6. The van der Waals surface area contributed by atoms with Crippen molar-refractivity contribution < 1.29 is 14.4 Å². The minimum atomic E-state index is -0.492. The van der Waals surface area contributed by atoms with Crippen molar-refractivity contribution in [2.75, 3.05) is 14.2 Å². The molecule has 0 aliphatic carbocycles. The Hall–Kier alpha value is -3.95. The molecule has 0 bridgehead atoms. The third kappa shape index (κ3) is 3.90. The van der Waals surface area contributed by atoms with Crippen LogP contribution in [0.25, 0.3) is 10.9 Å². The molecule has 2 aromatic carbocycles. The molecule has 144 valence electrons. The van der Waals surface area contributed by atoms with Crippen LogP contribution in [0.3, 0.4) is 0 Å². The SMILES string of the molecule is COc1ccc(Cc2nc(N=C(N)N)c3ccc([N+](=O)[O-])cc3n2)c(OC)c1. The summed E-state index contributed by atoms with van der Waals surface area (Å²) in [4.78, 5) is 23.5. The number of ether oxygens (including phenoxy) is 2. The lowest BCUT2D eigenvalue weighted by Gasteiger charge is -2.11. The average Bonchev–Trinajstić information content (AvgIpc) is 2.67. The summed E-state index contributed by atoms with van der Waals surface area (Å²) >= 11 is 0. The highest BCUT2D eigenvalue weighted by Gasteiger charge is 2.14. The highest BCUT2D eigenvalue weighted by molar-refractivity contribution is 5.92. The van der Waals surface area contributed by atoms with Crippen molar-refractivity contribution in [3.63, 3.8) is 0 Å². The second-order valence-corrected chi connectivity index (χ2v) is 5.81. The Kier molecular flexibility index (Phi) is 5.21. The van der Waals surface area contributed by atoms with Gasteiger partial charge in [0.05, 0.1) is 24.7 Å². The number of non-ortho nitro benzene ring substituents is 1. The van der Waals surface area contributed by atoms with Crippen molar-refractivity contribution in [2.45, 2.75) is 6.42 Å². The van der Waals surface area contributed by atoms with Gasteiger partial charge in [-0.1, -0.05) is 6.07 Å². The number of methoxy groups -OCH3 is 2. The summed E-state index contributed by atoms with van der Waals surface area (Å²) in [6, 6.07) is 9.60. The lowest BCUT2D eigenvalue weighted by molar-refractivity contribution is -0.384. The minimum absolute atomic E-state index is 0.0881. The largest absolute Gasteiger partial charge is 0.497 e. The molecule has 0 saturated carbocycles. The molecule has 3 aromatic rings. The van der Waals surface area contributed by atoms with Crippen LogP contribution < -0.4 is 20.9 Å². The van der Waals surface area contributed by atoms with E-state index in [1.165, 1.54) is 18.2 Å². The molecule has 0 aliphatic heterocycles. The van der Waals surface area contributed by atoms with Gasteiger partial charge in [0.25, 0.3) is 5.69 Å². The fourth-order valence-electron chi connectivity index (χ4n) is 2.72. The zero-order valence-corrected chi connectivity index (χ0v) is 15.2. The maximum atomic E-state index is 11.1. The van der Waals surface area contributed by atoms with Gasteiger partial charge in [0.15, 0.2) is 11.8 Å². The number of nitro groups is 1. The van der Waals surface area contributed by atoms with Crippen molar-refractivity contribution in [2.24, 2.45) is 16.5 Å². The fourth-order valence-corrected chi connectivity index (χ4v) is 2.72. The van der Waals surface area contributed by atoms with E-state index < -0.39 is 4.92 Å². The number of nitro benzene ring substituents is 1. The van der Waals surface area contributed by atoms with Crippen LogP contribution in [0.4, 0.5) is 11.5 Å². The first-order valence-electron chi connectivity index (χ1n) is 8.17. The molecule has 0 aliphatic rings. The molecule has 4 N–H and O–H groups in total. The second-order valence-electron chi connectivity index (χ2n) is 5.81. The molecule has 0 amide bonds. The summed E-state index contributed by atoms with van der Waals surface area (Å²) in [5.41, 5.74) is 12.1. The van der Waals surface area contributed by atoms with E-state index >= 15 is 0 Å². The van der Waals surface area contributed by atoms with Gasteiger partial charge in [0.2, 0.25) is 0 Å². The first-order valence-corrected chi connectivity index (χ1v) is 8.17. The van der Waals surface area contributed by atoms with Crippen LogP contribution in [0.2, 0.25) is 0 Å². The Morgan fingerprint density at radius 1 is 1.14 bits per heavy atom. The quantitative estimate of drug-likeness (QED) is 0.284. The van der Waals surface area contributed by atoms with Gasteiger partial charge in [-0.25, -0.2) is 9.97 Å². The number of hydrogen-bond acceptors (Lipinski definition) is 7. The molecule has 0 atom stereocenters. The van der Waals surface area contributed by atoms with Crippen molar-refractivity contribution in [1.29, 1.82) is 0 Å². The zero-order chi connectivity index (χ0) is 20.3. The van der Waals surface area contributed by atoms with Gasteiger partial charge in [-0.3, -0.25) is 10.1 Å². The summed E-state index contributed by atoms with van der Waals surface area (Å²) in [5, 5.41) is 11.6. The Morgan fingerprint density at radius 3 is 2.57 bits per heavy atom. The molecule has 28 heavy (non-hydrogen) atoms. The molecule has 0 saturated heterocycles.